The minimum Gasteiger partial charge on any atom is -0.301 e. The molecule has 0 spiro atoms. The molecule has 1 saturated heterocycles. The Balaban J connectivity index is 2.29. The first-order valence-electron chi connectivity index (χ1n) is 4.07. The molecule has 1 N–H and O–H groups in total. The Kier molecular flexibility index (Phi) is 2.91. The van der Waals surface area contributed by atoms with Gasteiger partial charge in [0.2, 0.25) is 0 Å². The maximum atomic E-state index is 13.4. The smallest absolute Gasteiger partial charge is 0.129 e. The first-order chi connectivity index (χ1) is 6.27. The number of nitrogens with one attached hydrogen (secondary N) is 1. The highest BCUT2D eigenvalue weighted by molar-refractivity contribution is 9.10. The van der Waals surface area contributed by atoms with Crippen LogP contribution < -0.4 is 5.32 Å². The summed E-state index contributed by atoms with van der Waals surface area (Å²) in [5, 5.41) is 3.37. The molecule has 0 aromatic heterocycles. The van der Waals surface area contributed by atoms with Crippen molar-refractivity contribution in [1.29, 1.82) is 0 Å². The van der Waals surface area contributed by atoms with Gasteiger partial charge in [0.05, 0.1) is 5.37 Å². The lowest BCUT2D eigenvalue weighted by molar-refractivity contribution is 0.595. The lowest BCUT2D eigenvalue weighted by Crippen LogP contribution is -2.13. The van der Waals surface area contributed by atoms with Crippen molar-refractivity contribution in [3.05, 3.63) is 34.1 Å². The van der Waals surface area contributed by atoms with Crippen LogP contribution in [0, 0.1) is 5.82 Å². The molecule has 1 aliphatic rings. The summed E-state index contributed by atoms with van der Waals surface area (Å²) < 4.78 is 14.2. The molecule has 0 radical (unpaired) electrons. The van der Waals surface area contributed by atoms with Gasteiger partial charge < -0.3 is 5.32 Å². The summed E-state index contributed by atoms with van der Waals surface area (Å²) in [5.41, 5.74) is 0.755. The maximum Gasteiger partial charge on any atom is 0.129 e. The number of benzene rings is 1. The second-order valence-electron chi connectivity index (χ2n) is 2.87. The van der Waals surface area contributed by atoms with E-state index < -0.39 is 0 Å². The average molecular weight is 262 g/mol. The zero-order chi connectivity index (χ0) is 9.26. The van der Waals surface area contributed by atoms with E-state index in [1.165, 1.54) is 6.07 Å². The van der Waals surface area contributed by atoms with Crippen molar-refractivity contribution in [2.24, 2.45) is 0 Å². The van der Waals surface area contributed by atoms with Crippen LogP contribution in [0.25, 0.3) is 0 Å². The average Bonchev–Trinajstić information content (AvgIpc) is 2.56. The van der Waals surface area contributed by atoms with E-state index in [0.717, 1.165) is 22.3 Å². The Morgan fingerprint density at radius 1 is 1.54 bits per heavy atom. The van der Waals surface area contributed by atoms with Crippen molar-refractivity contribution >= 4 is 27.7 Å². The molecule has 1 fully saturated rings. The molecule has 0 aliphatic carbocycles. The molecule has 13 heavy (non-hydrogen) atoms. The van der Waals surface area contributed by atoms with Crippen molar-refractivity contribution in [3.63, 3.8) is 0 Å². The van der Waals surface area contributed by atoms with Gasteiger partial charge in [-0.25, -0.2) is 4.39 Å². The highest BCUT2D eigenvalue weighted by atomic mass is 79.9. The van der Waals surface area contributed by atoms with Gasteiger partial charge in [-0.15, -0.1) is 11.8 Å². The van der Waals surface area contributed by atoms with Crippen molar-refractivity contribution in [3.8, 4) is 0 Å². The van der Waals surface area contributed by atoms with E-state index in [1.54, 1.807) is 11.8 Å². The van der Waals surface area contributed by atoms with E-state index in [0.29, 0.717) is 0 Å². The normalized spacial score (nSPS) is 22.2. The minimum atomic E-state index is -0.138. The molecule has 1 aliphatic heterocycles. The van der Waals surface area contributed by atoms with Gasteiger partial charge in [-0.2, -0.15) is 0 Å². The quantitative estimate of drug-likeness (QED) is 0.835. The zero-order valence-corrected chi connectivity index (χ0v) is 9.29. The number of halogens is 2. The molecular formula is C9H9BrFNS. The molecule has 1 atom stereocenters. The molecule has 1 nitrogen and oxygen atoms in total. The summed E-state index contributed by atoms with van der Waals surface area (Å²) in [7, 11) is 0. The topological polar surface area (TPSA) is 12.0 Å². The van der Waals surface area contributed by atoms with E-state index in [4.69, 9.17) is 0 Å². The van der Waals surface area contributed by atoms with Crippen molar-refractivity contribution in [2.75, 3.05) is 12.3 Å². The Hall–Kier alpha value is -0.0600. The lowest BCUT2D eigenvalue weighted by atomic mass is 10.2. The Morgan fingerprint density at radius 3 is 3.00 bits per heavy atom. The van der Waals surface area contributed by atoms with Crippen molar-refractivity contribution < 1.29 is 4.39 Å². The van der Waals surface area contributed by atoms with Gasteiger partial charge in [0.15, 0.2) is 0 Å². The second-order valence-corrected chi connectivity index (χ2v) is 5.00. The third kappa shape index (κ3) is 2.06. The van der Waals surface area contributed by atoms with Crippen LogP contribution in [-0.4, -0.2) is 12.3 Å². The Labute approximate surface area is 89.2 Å². The molecule has 0 saturated carbocycles. The summed E-state index contributed by atoms with van der Waals surface area (Å²) in [6, 6.07) is 5.21. The highest BCUT2D eigenvalue weighted by Gasteiger charge is 2.19. The van der Waals surface area contributed by atoms with E-state index in [9.17, 15) is 4.39 Å². The summed E-state index contributed by atoms with van der Waals surface area (Å²) in [5.74, 6) is 0.918. The molecule has 0 bridgehead atoms. The summed E-state index contributed by atoms with van der Waals surface area (Å²) in [6.45, 7) is 0.963. The van der Waals surface area contributed by atoms with Crippen LogP contribution in [0.1, 0.15) is 10.9 Å². The van der Waals surface area contributed by atoms with Crippen LogP contribution in [0.2, 0.25) is 0 Å². The molecule has 4 heteroatoms. The van der Waals surface area contributed by atoms with Gasteiger partial charge >= 0.3 is 0 Å². The SMILES string of the molecule is Fc1cc(Br)ccc1[C@H]1NCCS1. The molecular weight excluding hydrogens is 253 g/mol. The van der Waals surface area contributed by atoms with E-state index >= 15 is 0 Å². The fourth-order valence-electron chi connectivity index (χ4n) is 1.34. The number of hydrogen-bond donors (Lipinski definition) is 1. The minimum absolute atomic E-state index is 0.132. The van der Waals surface area contributed by atoms with Crippen LogP contribution in [0.15, 0.2) is 22.7 Å². The monoisotopic (exact) mass is 261 g/mol. The predicted molar refractivity (Wildman–Crippen MR) is 57.3 cm³/mol. The Bertz CT molecular complexity index is 312. The lowest BCUT2D eigenvalue weighted by Gasteiger charge is -2.10. The summed E-state index contributed by atoms with van der Waals surface area (Å²) in [4.78, 5) is 0. The standard InChI is InChI=1S/C9H9BrFNS/c10-6-1-2-7(8(11)5-6)9-12-3-4-13-9/h1-2,5,9,12H,3-4H2/t9-/m0/s1. The number of thioether (sulfide) groups is 1. The van der Waals surface area contributed by atoms with Crippen LogP contribution in [0.4, 0.5) is 4.39 Å². The summed E-state index contributed by atoms with van der Waals surface area (Å²) in [6.07, 6.45) is 0. The molecule has 70 valence electrons. The molecule has 0 unspecified atom stereocenters. The van der Waals surface area contributed by atoms with Crippen LogP contribution in [0.3, 0.4) is 0 Å². The fourth-order valence-corrected chi connectivity index (χ4v) is 2.75. The first kappa shape index (κ1) is 9.49. The molecule has 1 aromatic carbocycles. The van der Waals surface area contributed by atoms with Gasteiger partial charge in [-0.1, -0.05) is 22.0 Å². The van der Waals surface area contributed by atoms with Gasteiger partial charge in [-0.05, 0) is 12.1 Å². The zero-order valence-electron chi connectivity index (χ0n) is 6.89. The van der Waals surface area contributed by atoms with Crippen LogP contribution in [0.5, 0.6) is 0 Å². The number of hydrogen-bond acceptors (Lipinski definition) is 2. The molecule has 1 aromatic rings. The van der Waals surface area contributed by atoms with Crippen molar-refractivity contribution in [2.45, 2.75) is 5.37 Å². The van der Waals surface area contributed by atoms with Crippen LogP contribution >= 0.6 is 27.7 Å². The molecule has 1 heterocycles. The molecule has 0 amide bonds. The third-order valence-corrected chi connectivity index (χ3v) is 3.65. The van der Waals surface area contributed by atoms with Gasteiger partial charge in [0.25, 0.3) is 0 Å². The Morgan fingerprint density at radius 2 is 2.38 bits per heavy atom. The van der Waals surface area contributed by atoms with Crippen molar-refractivity contribution in [1.82, 2.24) is 5.32 Å². The predicted octanol–water partition coefficient (Wildman–Crippen LogP) is 2.92. The maximum absolute atomic E-state index is 13.4. The third-order valence-electron chi connectivity index (χ3n) is 1.96. The highest BCUT2D eigenvalue weighted by Crippen LogP contribution is 2.32. The van der Waals surface area contributed by atoms with E-state index in [2.05, 4.69) is 21.2 Å². The molecule has 2 rings (SSSR count). The number of rotatable bonds is 1. The largest absolute Gasteiger partial charge is 0.301 e. The van der Waals surface area contributed by atoms with E-state index in [1.807, 2.05) is 12.1 Å². The first-order valence-corrected chi connectivity index (χ1v) is 5.91. The fraction of sp³-hybridized carbons (Fsp3) is 0.333. The van der Waals surface area contributed by atoms with Gasteiger partial charge in [-0.3, -0.25) is 0 Å². The van der Waals surface area contributed by atoms with Gasteiger partial charge in [0, 0.05) is 22.3 Å². The van der Waals surface area contributed by atoms with Gasteiger partial charge in [0.1, 0.15) is 5.82 Å². The second kappa shape index (κ2) is 3.98. The van der Waals surface area contributed by atoms with Crippen LogP contribution in [-0.2, 0) is 0 Å². The van der Waals surface area contributed by atoms with E-state index in [-0.39, 0.29) is 11.2 Å². The summed E-state index contributed by atoms with van der Waals surface area (Å²) >= 11 is 4.99.